The number of rotatable bonds is 2. The van der Waals surface area contributed by atoms with Crippen molar-refractivity contribution < 1.29 is 4.74 Å². The van der Waals surface area contributed by atoms with Crippen LogP contribution in [-0.4, -0.2) is 31.2 Å². The Balaban J connectivity index is 1.70. The second-order valence-electron chi connectivity index (χ2n) is 4.46. The molecule has 2 aliphatic rings. The molecule has 16 heavy (non-hydrogen) atoms. The van der Waals surface area contributed by atoms with E-state index in [-0.39, 0.29) is 6.10 Å². The van der Waals surface area contributed by atoms with Crippen LogP contribution in [-0.2, 0) is 4.74 Å². The Labute approximate surface area is 101 Å². The fourth-order valence-corrected chi connectivity index (χ4v) is 3.05. The number of thioether (sulfide) groups is 1. The summed E-state index contributed by atoms with van der Waals surface area (Å²) < 4.78 is 5.74. The molecule has 2 heterocycles. The number of benzene rings is 1. The summed E-state index contributed by atoms with van der Waals surface area (Å²) in [6.07, 6.45) is 0.249. The van der Waals surface area contributed by atoms with E-state index in [1.165, 1.54) is 22.6 Å². The standard InChI is InChI=1S/C13H17NOS/c1-3-11(13-7-14-5-6-15-13)4-2-10(1)12-8-16-9-12/h1-4,12-14H,5-9H2. The normalized spacial score (nSPS) is 26.4. The van der Waals surface area contributed by atoms with Gasteiger partial charge >= 0.3 is 0 Å². The van der Waals surface area contributed by atoms with Gasteiger partial charge in [0.1, 0.15) is 0 Å². The van der Waals surface area contributed by atoms with Crippen LogP contribution >= 0.6 is 11.8 Å². The Bertz CT molecular complexity index is 341. The van der Waals surface area contributed by atoms with E-state index in [0.717, 1.165) is 25.6 Å². The molecule has 1 unspecified atom stereocenters. The van der Waals surface area contributed by atoms with Gasteiger partial charge in [-0.3, -0.25) is 0 Å². The van der Waals surface area contributed by atoms with Gasteiger partial charge in [0.05, 0.1) is 12.7 Å². The maximum Gasteiger partial charge on any atom is 0.0949 e. The molecule has 0 saturated carbocycles. The summed E-state index contributed by atoms with van der Waals surface area (Å²) >= 11 is 2.04. The summed E-state index contributed by atoms with van der Waals surface area (Å²) in [7, 11) is 0. The predicted molar refractivity (Wildman–Crippen MR) is 68.1 cm³/mol. The lowest BCUT2D eigenvalue weighted by Crippen LogP contribution is -2.33. The van der Waals surface area contributed by atoms with Gasteiger partial charge in [-0.2, -0.15) is 11.8 Å². The van der Waals surface area contributed by atoms with Gasteiger partial charge in [0.15, 0.2) is 0 Å². The summed E-state index contributed by atoms with van der Waals surface area (Å²) in [6, 6.07) is 9.02. The summed E-state index contributed by atoms with van der Waals surface area (Å²) in [5.41, 5.74) is 2.80. The van der Waals surface area contributed by atoms with Crippen molar-refractivity contribution in [3.05, 3.63) is 35.4 Å². The highest BCUT2D eigenvalue weighted by atomic mass is 32.2. The van der Waals surface area contributed by atoms with Crippen molar-refractivity contribution in [3.8, 4) is 0 Å². The van der Waals surface area contributed by atoms with Gasteiger partial charge in [0.2, 0.25) is 0 Å². The highest BCUT2D eigenvalue weighted by Gasteiger charge is 2.21. The van der Waals surface area contributed by atoms with E-state index in [4.69, 9.17) is 4.74 Å². The van der Waals surface area contributed by atoms with Crippen LogP contribution in [0.4, 0.5) is 0 Å². The van der Waals surface area contributed by atoms with E-state index in [2.05, 4.69) is 29.6 Å². The van der Waals surface area contributed by atoms with Crippen LogP contribution in [0.15, 0.2) is 24.3 Å². The van der Waals surface area contributed by atoms with Crippen molar-refractivity contribution in [3.63, 3.8) is 0 Å². The van der Waals surface area contributed by atoms with Crippen LogP contribution in [0.5, 0.6) is 0 Å². The Morgan fingerprint density at radius 2 is 1.88 bits per heavy atom. The molecule has 0 spiro atoms. The molecule has 1 aromatic rings. The van der Waals surface area contributed by atoms with Crippen molar-refractivity contribution >= 4 is 11.8 Å². The quantitative estimate of drug-likeness (QED) is 0.849. The molecule has 0 radical (unpaired) electrons. The molecule has 1 aromatic carbocycles. The zero-order valence-electron chi connectivity index (χ0n) is 9.32. The second kappa shape index (κ2) is 4.78. The van der Waals surface area contributed by atoms with Crippen molar-refractivity contribution in [2.45, 2.75) is 12.0 Å². The SMILES string of the molecule is c1cc(C2CNCCO2)ccc1C1CSC1. The third-order valence-electron chi connectivity index (χ3n) is 3.35. The molecule has 86 valence electrons. The van der Waals surface area contributed by atoms with Gasteiger partial charge < -0.3 is 10.1 Å². The predicted octanol–water partition coefficient (Wildman–Crippen LogP) is 2.18. The Hall–Kier alpha value is -0.510. The third-order valence-corrected chi connectivity index (χ3v) is 4.62. The first-order valence-electron chi connectivity index (χ1n) is 5.93. The van der Waals surface area contributed by atoms with E-state index in [1.54, 1.807) is 0 Å². The minimum absolute atomic E-state index is 0.249. The molecular weight excluding hydrogens is 218 g/mol. The highest BCUT2D eigenvalue weighted by molar-refractivity contribution is 8.00. The molecule has 2 nitrogen and oxygen atoms in total. The van der Waals surface area contributed by atoms with E-state index >= 15 is 0 Å². The molecule has 2 aliphatic heterocycles. The monoisotopic (exact) mass is 235 g/mol. The molecule has 0 aliphatic carbocycles. The fourth-order valence-electron chi connectivity index (χ4n) is 2.19. The summed E-state index contributed by atoms with van der Waals surface area (Å²) in [5.74, 6) is 3.38. The van der Waals surface area contributed by atoms with Gasteiger partial charge in [-0.25, -0.2) is 0 Å². The zero-order valence-corrected chi connectivity index (χ0v) is 10.1. The minimum atomic E-state index is 0.249. The lowest BCUT2D eigenvalue weighted by molar-refractivity contribution is 0.0277. The second-order valence-corrected chi connectivity index (χ2v) is 5.54. The van der Waals surface area contributed by atoms with Gasteiger partial charge in [0.25, 0.3) is 0 Å². The summed E-state index contributed by atoms with van der Waals surface area (Å²) in [5, 5.41) is 3.36. The average molecular weight is 235 g/mol. The molecule has 1 atom stereocenters. The van der Waals surface area contributed by atoms with Crippen LogP contribution in [0.1, 0.15) is 23.1 Å². The molecule has 2 saturated heterocycles. The Morgan fingerprint density at radius 1 is 1.12 bits per heavy atom. The first-order chi connectivity index (χ1) is 7.93. The van der Waals surface area contributed by atoms with Crippen LogP contribution in [0.2, 0.25) is 0 Å². The molecule has 0 aromatic heterocycles. The number of hydrogen-bond donors (Lipinski definition) is 1. The van der Waals surface area contributed by atoms with Gasteiger partial charge in [-0.15, -0.1) is 0 Å². The molecule has 0 bridgehead atoms. The number of hydrogen-bond acceptors (Lipinski definition) is 3. The van der Waals surface area contributed by atoms with Crippen molar-refractivity contribution in [1.82, 2.24) is 5.32 Å². The molecule has 3 rings (SSSR count). The van der Waals surface area contributed by atoms with Crippen LogP contribution in [0.3, 0.4) is 0 Å². The van der Waals surface area contributed by atoms with Crippen LogP contribution in [0, 0.1) is 0 Å². The van der Waals surface area contributed by atoms with Crippen LogP contribution < -0.4 is 5.32 Å². The third kappa shape index (κ3) is 2.12. The molecule has 2 fully saturated rings. The van der Waals surface area contributed by atoms with E-state index in [0.29, 0.717) is 0 Å². The maximum absolute atomic E-state index is 5.74. The summed E-state index contributed by atoms with van der Waals surface area (Å²) in [6.45, 7) is 2.75. The average Bonchev–Trinajstić information content (AvgIpc) is 2.29. The van der Waals surface area contributed by atoms with Crippen molar-refractivity contribution in [2.75, 3.05) is 31.2 Å². The molecule has 1 N–H and O–H groups in total. The topological polar surface area (TPSA) is 21.3 Å². The first kappa shape index (κ1) is 10.6. The van der Waals surface area contributed by atoms with Crippen LogP contribution in [0.25, 0.3) is 0 Å². The fraction of sp³-hybridized carbons (Fsp3) is 0.538. The number of morpholine rings is 1. The lowest BCUT2D eigenvalue weighted by Gasteiger charge is -2.27. The van der Waals surface area contributed by atoms with E-state index in [1.807, 2.05) is 11.8 Å². The van der Waals surface area contributed by atoms with E-state index in [9.17, 15) is 0 Å². The van der Waals surface area contributed by atoms with Gasteiger partial charge in [-0.05, 0) is 11.1 Å². The Morgan fingerprint density at radius 3 is 2.44 bits per heavy atom. The zero-order chi connectivity index (χ0) is 10.8. The summed E-state index contributed by atoms with van der Waals surface area (Å²) in [4.78, 5) is 0. The molecule has 3 heteroatoms. The molecular formula is C13H17NOS. The smallest absolute Gasteiger partial charge is 0.0949 e. The largest absolute Gasteiger partial charge is 0.371 e. The molecule has 0 amide bonds. The first-order valence-corrected chi connectivity index (χ1v) is 7.09. The number of nitrogens with one attached hydrogen (secondary N) is 1. The lowest BCUT2D eigenvalue weighted by atomic mass is 9.99. The van der Waals surface area contributed by atoms with Crippen molar-refractivity contribution in [1.29, 1.82) is 0 Å². The maximum atomic E-state index is 5.74. The van der Waals surface area contributed by atoms with Crippen molar-refractivity contribution in [2.24, 2.45) is 0 Å². The van der Waals surface area contributed by atoms with E-state index < -0.39 is 0 Å². The van der Waals surface area contributed by atoms with Gasteiger partial charge in [-0.1, -0.05) is 24.3 Å². The van der Waals surface area contributed by atoms with Gasteiger partial charge in [0, 0.05) is 30.5 Å². The number of ether oxygens (including phenoxy) is 1. The Kier molecular flexibility index (Phi) is 3.18. The minimum Gasteiger partial charge on any atom is -0.371 e. The highest BCUT2D eigenvalue weighted by Crippen LogP contribution is 2.34.